The summed E-state index contributed by atoms with van der Waals surface area (Å²) < 4.78 is 6.14. The molecule has 0 aliphatic heterocycles. The van der Waals surface area contributed by atoms with Gasteiger partial charge < -0.3 is 10.1 Å². The fourth-order valence-corrected chi connectivity index (χ4v) is 4.36. The normalized spacial score (nSPS) is 18.7. The number of nitrogens with zero attached hydrogens (tertiary/aromatic N) is 1. The lowest BCUT2D eigenvalue weighted by Crippen LogP contribution is -2.41. The fourth-order valence-electron chi connectivity index (χ4n) is 4.36. The second-order valence-electron chi connectivity index (χ2n) is 8.48. The standard InChI is InChI=1S/C28H28N2O2/c1-20-9-5-8-14-26(20)30-28(31)23(18-29)17-25-24-13-7-6-12-22(24)15-16-27(25)32-19-21-10-3-2-4-11-21/h2-4,6-7,10-13,15-17,20,26H,5,8-9,14,19H2,1H3,(H,30,31)/b23-17+/t20-,26+/m0/s1. The number of carbonyl (C=O) groups is 1. The number of ether oxygens (including phenoxy) is 1. The van der Waals surface area contributed by atoms with Gasteiger partial charge in [-0.2, -0.15) is 5.26 Å². The maximum Gasteiger partial charge on any atom is 0.262 e. The number of hydrogen-bond acceptors (Lipinski definition) is 3. The second kappa shape index (κ2) is 10.2. The maximum absolute atomic E-state index is 13.0. The number of amides is 1. The Balaban J connectivity index is 1.66. The van der Waals surface area contributed by atoms with Crippen molar-refractivity contribution in [2.45, 2.75) is 45.3 Å². The molecule has 4 nitrogen and oxygen atoms in total. The maximum atomic E-state index is 13.0. The van der Waals surface area contributed by atoms with Crippen LogP contribution in [0.15, 0.2) is 72.3 Å². The molecular formula is C28H28N2O2. The molecule has 1 amide bonds. The van der Waals surface area contributed by atoms with Gasteiger partial charge in [0.1, 0.15) is 24.0 Å². The molecule has 0 spiro atoms. The summed E-state index contributed by atoms with van der Waals surface area (Å²) >= 11 is 0. The Bertz CT molecular complexity index is 1160. The quantitative estimate of drug-likeness (QED) is 0.389. The van der Waals surface area contributed by atoms with Crippen LogP contribution in [0.2, 0.25) is 0 Å². The summed E-state index contributed by atoms with van der Waals surface area (Å²) in [4.78, 5) is 13.0. The lowest BCUT2D eigenvalue weighted by Gasteiger charge is -2.29. The van der Waals surface area contributed by atoms with Gasteiger partial charge in [0.15, 0.2) is 0 Å². The molecule has 0 unspecified atom stereocenters. The number of hydrogen-bond donors (Lipinski definition) is 1. The molecule has 1 aliphatic carbocycles. The number of carbonyl (C=O) groups excluding carboxylic acids is 1. The van der Waals surface area contributed by atoms with Crippen molar-refractivity contribution < 1.29 is 9.53 Å². The molecule has 4 heteroatoms. The van der Waals surface area contributed by atoms with E-state index in [-0.39, 0.29) is 17.5 Å². The van der Waals surface area contributed by atoms with Crippen molar-refractivity contribution >= 4 is 22.8 Å². The summed E-state index contributed by atoms with van der Waals surface area (Å²) in [5.41, 5.74) is 1.91. The van der Waals surface area contributed by atoms with E-state index < -0.39 is 0 Å². The zero-order chi connectivity index (χ0) is 22.3. The molecule has 162 valence electrons. The Morgan fingerprint density at radius 3 is 2.59 bits per heavy atom. The number of benzene rings is 3. The summed E-state index contributed by atoms with van der Waals surface area (Å²) in [6.45, 7) is 2.58. The van der Waals surface area contributed by atoms with Crippen molar-refractivity contribution in [3.8, 4) is 11.8 Å². The van der Waals surface area contributed by atoms with E-state index in [4.69, 9.17) is 4.74 Å². The molecule has 2 atom stereocenters. The minimum absolute atomic E-state index is 0.101. The van der Waals surface area contributed by atoms with Crippen LogP contribution in [-0.4, -0.2) is 11.9 Å². The SMILES string of the molecule is C[C@H]1CCCC[C@H]1NC(=O)/C(C#N)=C/c1c(OCc2ccccc2)ccc2ccccc12. The van der Waals surface area contributed by atoms with Crippen LogP contribution < -0.4 is 10.1 Å². The van der Waals surface area contributed by atoms with Crippen LogP contribution >= 0.6 is 0 Å². The zero-order valence-electron chi connectivity index (χ0n) is 18.4. The van der Waals surface area contributed by atoms with Crippen molar-refractivity contribution in [2.24, 2.45) is 5.92 Å². The van der Waals surface area contributed by atoms with Crippen LogP contribution in [0.5, 0.6) is 5.75 Å². The Morgan fingerprint density at radius 2 is 1.81 bits per heavy atom. The van der Waals surface area contributed by atoms with Crippen molar-refractivity contribution in [3.05, 3.63) is 83.4 Å². The Hall–Kier alpha value is -3.58. The van der Waals surface area contributed by atoms with E-state index in [1.54, 1.807) is 6.08 Å². The van der Waals surface area contributed by atoms with Crippen molar-refractivity contribution in [3.63, 3.8) is 0 Å². The van der Waals surface area contributed by atoms with Crippen LogP contribution in [0.4, 0.5) is 0 Å². The van der Waals surface area contributed by atoms with Crippen LogP contribution in [-0.2, 0) is 11.4 Å². The molecule has 0 radical (unpaired) electrons. The Labute approximate surface area is 189 Å². The lowest BCUT2D eigenvalue weighted by atomic mass is 9.86. The summed E-state index contributed by atoms with van der Waals surface area (Å²) in [5, 5.41) is 14.9. The average Bonchev–Trinajstić information content (AvgIpc) is 2.83. The third kappa shape index (κ3) is 5.00. The molecule has 0 saturated heterocycles. The first-order valence-corrected chi connectivity index (χ1v) is 11.3. The third-order valence-electron chi connectivity index (χ3n) is 6.25. The van der Waals surface area contributed by atoms with E-state index in [0.717, 1.165) is 41.2 Å². The van der Waals surface area contributed by atoms with Crippen LogP contribution in [0.25, 0.3) is 16.8 Å². The molecule has 0 bridgehead atoms. The van der Waals surface area contributed by atoms with Gasteiger partial charge in [-0.25, -0.2) is 0 Å². The summed E-state index contributed by atoms with van der Waals surface area (Å²) in [6, 6.07) is 24.0. The number of rotatable bonds is 6. The first-order valence-electron chi connectivity index (χ1n) is 11.3. The molecular weight excluding hydrogens is 396 g/mol. The Morgan fingerprint density at radius 1 is 1.06 bits per heavy atom. The van der Waals surface area contributed by atoms with E-state index in [2.05, 4.69) is 18.3 Å². The van der Waals surface area contributed by atoms with Crippen molar-refractivity contribution in [2.75, 3.05) is 0 Å². The molecule has 0 aromatic heterocycles. The van der Waals surface area contributed by atoms with Gasteiger partial charge in [0, 0.05) is 11.6 Å². The Kier molecular flexibility index (Phi) is 6.87. The van der Waals surface area contributed by atoms with E-state index in [1.807, 2.05) is 66.7 Å². The minimum atomic E-state index is -0.312. The summed E-state index contributed by atoms with van der Waals surface area (Å²) in [7, 11) is 0. The fraction of sp³-hybridized carbons (Fsp3) is 0.286. The summed E-state index contributed by atoms with van der Waals surface area (Å²) in [5.74, 6) is 0.766. The van der Waals surface area contributed by atoms with Gasteiger partial charge in [0.2, 0.25) is 0 Å². The highest BCUT2D eigenvalue weighted by atomic mass is 16.5. The first-order chi connectivity index (χ1) is 15.7. The minimum Gasteiger partial charge on any atom is -0.488 e. The highest BCUT2D eigenvalue weighted by Gasteiger charge is 2.24. The largest absolute Gasteiger partial charge is 0.488 e. The molecule has 1 saturated carbocycles. The van der Waals surface area contributed by atoms with Gasteiger partial charge in [0.25, 0.3) is 5.91 Å². The molecule has 32 heavy (non-hydrogen) atoms. The molecule has 1 fully saturated rings. The molecule has 0 heterocycles. The van der Waals surface area contributed by atoms with Crippen LogP contribution in [0, 0.1) is 17.2 Å². The zero-order valence-corrected chi connectivity index (χ0v) is 18.4. The monoisotopic (exact) mass is 424 g/mol. The van der Waals surface area contributed by atoms with Gasteiger partial charge in [0.05, 0.1) is 0 Å². The van der Waals surface area contributed by atoms with E-state index in [1.165, 1.54) is 6.42 Å². The van der Waals surface area contributed by atoms with Crippen molar-refractivity contribution in [1.29, 1.82) is 5.26 Å². The molecule has 3 aromatic carbocycles. The van der Waals surface area contributed by atoms with Gasteiger partial charge >= 0.3 is 0 Å². The van der Waals surface area contributed by atoms with Gasteiger partial charge in [-0.05, 0) is 47.2 Å². The highest BCUT2D eigenvalue weighted by Crippen LogP contribution is 2.31. The number of nitriles is 1. The molecule has 3 aromatic rings. The number of fused-ring (bicyclic) bond motifs is 1. The van der Waals surface area contributed by atoms with E-state index >= 15 is 0 Å². The predicted octanol–water partition coefficient (Wildman–Crippen LogP) is 6.02. The van der Waals surface area contributed by atoms with Gasteiger partial charge in [-0.15, -0.1) is 0 Å². The van der Waals surface area contributed by atoms with Crippen LogP contribution in [0.1, 0.15) is 43.7 Å². The molecule has 1 aliphatic rings. The topological polar surface area (TPSA) is 62.1 Å². The molecule has 4 rings (SSSR count). The van der Waals surface area contributed by atoms with E-state index in [9.17, 15) is 10.1 Å². The lowest BCUT2D eigenvalue weighted by molar-refractivity contribution is -0.118. The van der Waals surface area contributed by atoms with E-state index in [0.29, 0.717) is 18.3 Å². The van der Waals surface area contributed by atoms with Gasteiger partial charge in [-0.3, -0.25) is 4.79 Å². The van der Waals surface area contributed by atoms with Crippen molar-refractivity contribution in [1.82, 2.24) is 5.32 Å². The highest BCUT2D eigenvalue weighted by molar-refractivity contribution is 6.05. The van der Waals surface area contributed by atoms with Crippen LogP contribution in [0.3, 0.4) is 0 Å². The smallest absolute Gasteiger partial charge is 0.262 e. The summed E-state index contributed by atoms with van der Waals surface area (Å²) in [6.07, 6.45) is 6.06. The van der Waals surface area contributed by atoms with Gasteiger partial charge in [-0.1, -0.05) is 80.4 Å². The molecule has 1 N–H and O–H groups in total. The first kappa shape index (κ1) is 21.6. The number of nitrogens with one attached hydrogen (secondary N) is 1. The predicted molar refractivity (Wildman–Crippen MR) is 128 cm³/mol. The second-order valence-corrected chi connectivity index (χ2v) is 8.48. The third-order valence-corrected chi connectivity index (χ3v) is 6.25. The average molecular weight is 425 g/mol.